The van der Waals surface area contributed by atoms with Crippen molar-refractivity contribution < 1.29 is 9.59 Å². The van der Waals surface area contributed by atoms with Crippen molar-refractivity contribution in [3.05, 3.63) is 12.7 Å². The van der Waals surface area contributed by atoms with Gasteiger partial charge in [-0.25, -0.2) is 4.79 Å². The summed E-state index contributed by atoms with van der Waals surface area (Å²) in [6, 6.07) is -0.163. The second-order valence-electron chi connectivity index (χ2n) is 4.07. The van der Waals surface area contributed by atoms with Crippen LogP contribution in [-0.4, -0.2) is 55.6 Å². The Hall–Kier alpha value is -1.40. The first-order chi connectivity index (χ1) is 8.13. The average molecular weight is 240 g/mol. The minimum absolute atomic E-state index is 0.254. The number of amides is 3. The zero-order chi connectivity index (χ0) is 12.7. The molecule has 6 heteroatoms. The maximum Gasteiger partial charge on any atom is 0.321 e. The summed E-state index contributed by atoms with van der Waals surface area (Å²) in [7, 11) is 0. The molecule has 0 radical (unpaired) electrons. The Morgan fingerprint density at radius 1 is 1.59 bits per heavy atom. The molecule has 0 bridgehead atoms. The van der Waals surface area contributed by atoms with Gasteiger partial charge in [0.05, 0.1) is 6.54 Å². The lowest BCUT2D eigenvalue weighted by Crippen LogP contribution is -2.53. The third-order valence-electron chi connectivity index (χ3n) is 2.65. The number of imide groups is 1. The zero-order valence-corrected chi connectivity index (χ0v) is 10.2. The Morgan fingerprint density at radius 2 is 2.35 bits per heavy atom. The van der Waals surface area contributed by atoms with Gasteiger partial charge in [0, 0.05) is 32.2 Å². The van der Waals surface area contributed by atoms with Gasteiger partial charge in [0.15, 0.2) is 0 Å². The van der Waals surface area contributed by atoms with E-state index in [0.717, 1.165) is 19.6 Å². The van der Waals surface area contributed by atoms with E-state index in [0.29, 0.717) is 12.6 Å². The number of hydrogen-bond acceptors (Lipinski definition) is 4. The van der Waals surface area contributed by atoms with Crippen LogP contribution >= 0.6 is 0 Å². The van der Waals surface area contributed by atoms with Crippen LogP contribution in [0.5, 0.6) is 0 Å². The van der Waals surface area contributed by atoms with E-state index in [1.165, 1.54) is 0 Å². The summed E-state index contributed by atoms with van der Waals surface area (Å²) in [4.78, 5) is 24.8. The topological polar surface area (TPSA) is 73.5 Å². The first kappa shape index (κ1) is 13.7. The molecular weight excluding hydrogens is 220 g/mol. The lowest BCUT2D eigenvalue weighted by Gasteiger charge is -2.33. The molecule has 0 aromatic rings. The molecular formula is C11H20N4O2. The van der Waals surface area contributed by atoms with Crippen LogP contribution in [0.15, 0.2) is 12.7 Å². The van der Waals surface area contributed by atoms with Crippen LogP contribution < -0.4 is 16.0 Å². The van der Waals surface area contributed by atoms with Gasteiger partial charge in [-0.15, -0.1) is 6.58 Å². The summed E-state index contributed by atoms with van der Waals surface area (Å²) >= 11 is 0. The summed E-state index contributed by atoms with van der Waals surface area (Å²) in [6.45, 7) is 8.70. The third kappa shape index (κ3) is 4.97. The normalized spacial score (nSPS) is 20.6. The van der Waals surface area contributed by atoms with Crippen LogP contribution in [-0.2, 0) is 4.79 Å². The van der Waals surface area contributed by atoms with E-state index >= 15 is 0 Å². The fourth-order valence-electron chi connectivity index (χ4n) is 1.68. The molecule has 0 aromatic carbocycles. The van der Waals surface area contributed by atoms with E-state index in [2.05, 4.69) is 29.5 Å². The first-order valence-electron chi connectivity index (χ1n) is 5.77. The van der Waals surface area contributed by atoms with Gasteiger partial charge >= 0.3 is 6.03 Å². The number of piperazine rings is 1. The van der Waals surface area contributed by atoms with Gasteiger partial charge < -0.3 is 10.6 Å². The van der Waals surface area contributed by atoms with Crippen molar-refractivity contribution in [2.24, 2.45) is 0 Å². The molecule has 1 saturated heterocycles. The highest BCUT2D eigenvalue weighted by atomic mass is 16.2. The Labute approximate surface area is 101 Å². The highest BCUT2D eigenvalue weighted by Gasteiger charge is 2.20. The molecule has 17 heavy (non-hydrogen) atoms. The number of hydrogen-bond donors (Lipinski definition) is 3. The maximum atomic E-state index is 11.6. The summed E-state index contributed by atoms with van der Waals surface area (Å²) in [5.74, 6) is -0.277. The fourth-order valence-corrected chi connectivity index (χ4v) is 1.68. The molecule has 96 valence electrons. The van der Waals surface area contributed by atoms with Crippen LogP contribution in [0.4, 0.5) is 4.79 Å². The van der Waals surface area contributed by atoms with Crippen molar-refractivity contribution in [2.45, 2.75) is 13.0 Å². The standard InChI is InChI=1S/C11H20N4O2/c1-3-4-13-11(17)14-10(16)8-15-6-5-12-7-9(15)2/h3,9,12H,1,4-8H2,2H3,(H2,13,14,16,17)/t9-/m1/s1. The monoisotopic (exact) mass is 240 g/mol. The highest BCUT2D eigenvalue weighted by molar-refractivity contribution is 5.95. The molecule has 1 rings (SSSR count). The van der Waals surface area contributed by atoms with Gasteiger partial charge in [0.1, 0.15) is 0 Å². The van der Waals surface area contributed by atoms with Gasteiger partial charge in [0.2, 0.25) is 5.91 Å². The predicted molar refractivity (Wildman–Crippen MR) is 65.6 cm³/mol. The summed E-state index contributed by atoms with van der Waals surface area (Å²) in [6.07, 6.45) is 1.56. The zero-order valence-electron chi connectivity index (χ0n) is 10.2. The quantitative estimate of drug-likeness (QED) is 0.568. The number of rotatable bonds is 4. The molecule has 0 aliphatic carbocycles. The molecule has 3 N–H and O–H groups in total. The molecule has 3 amide bonds. The second-order valence-corrected chi connectivity index (χ2v) is 4.07. The van der Waals surface area contributed by atoms with Crippen molar-refractivity contribution in [3.63, 3.8) is 0 Å². The average Bonchev–Trinajstić information content (AvgIpc) is 2.29. The molecule has 0 saturated carbocycles. The number of nitrogens with zero attached hydrogens (tertiary/aromatic N) is 1. The maximum absolute atomic E-state index is 11.6. The van der Waals surface area contributed by atoms with Crippen LogP contribution in [0, 0.1) is 0 Å². The number of carbonyl (C=O) groups is 2. The van der Waals surface area contributed by atoms with Crippen LogP contribution in [0.1, 0.15) is 6.92 Å². The van der Waals surface area contributed by atoms with E-state index in [1.807, 2.05) is 4.90 Å². The van der Waals surface area contributed by atoms with E-state index in [4.69, 9.17) is 0 Å². The van der Waals surface area contributed by atoms with Gasteiger partial charge in [-0.2, -0.15) is 0 Å². The fraction of sp³-hybridized carbons (Fsp3) is 0.636. The molecule has 0 aromatic heterocycles. The Balaban J connectivity index is 2.28. The van der Waals surface area contributed by atoms with Crippen LogP contribution in [0.2, 0.25) is 0 Å². The summed E-state index contributed by atoms with van der Waals surface area (Å²) < 4.78 is 0. The predicted octanol–water partition coefficient (Wildman–Crippen LogP) is -0.708. The highest BCUT2D eigenvalue weighted by Crippen LogP contribution is 2.00. The van der Waals surface area contributed by atoms with Gasteiger partial charge in [-0.05, 0) is 6.92 Å². The van der Waals surface area contributed by atoms with Crippen molar-refractivity contribution in [1.82, 2.24) is 20.9 Å². The molecule has 1 fully saturated rings. The molecule has 0 spiro atoms. The van der Waals surface area contributed by atoms with Crippen molar-refractivity contribution in [2.75, 3.05) is 32.7 Å². The van der Waals surface area contributed by atoms with Gasteiger partial charge in [-0.3, -0.25) is 15.0 Å². The largest absolute Gasteiger partial charge is 0.334 e. The molecule has 1 heterocycles. The van der Waals surface area contributed by atoms with Gasteiger partial charge in [-0.1, -0.05) is 6.08 Å². The molecule has 1 aliphatic heterocycles. The molecule has 1 aliphatic rings. The smallest absolute Gasteiger partial charge is 0.321 e. The van der Waals surface area contributed by atoms with E-state index < -0.39 is 6.03 Å². The number of carbonyl (C=O) groups excluding carboxylic acids is 2. The minimum atomic E-state index is -0.474. The summed E-state index contributed by atoms with van der Waals surface area (Å²) in [5.41, 5.74) is 0. The Bertz CT molecular complexity index is 293. The number of nitrogens with one attached hydrogen (secondary N) is 3. The molecule has 0 unspecified atom stereocenters. The lowest BCUT2D eigenvalue weighted by molar-refractivity contribution is -0.121. The lowest BCUT2D eigenvalue weighted by atomic mass is 10.2. The second kappa shape index (κ2) is 7.03. The Kier molecular flexibility index (Phi) is 5.65. The van der Waals surface area contributed by atoms with Crippen molar-refractivity contribution in [1.29, 1.82) is 0 Å². The van der Waals surface area contributed by atoms with E-state index in [1.54, 1.807) is 6.08 Å². The van der Waals surface area contributed by atoms with Crippen LogP contribution in [0.3, 0.4) is 0 Å². The first-order valence-corrected chi connectivity index (χ1v) is 5.77. The van der Waals surface area contributed by atoms with Crippen LogP contribution in [0.25, 0.3) is 0 Å². The third-order valence-corrected chi connectivity index (χ3v) is 2.65. The van der Waals surface area contributed by atoms with E-state index in [-0.39, 0.29) is 12.5 Å². The molecule has 1 atom stereocenters. The Morgan fingerprint density at radius 3 is 3.00 bits per heavy atom. The molecule has 6 nitrogen and oxygen atoms in total. The minimum Gasteiger partial charge on any atom is -0.334 e. The number of urea groups is 1. The summed E-state index contributed by atoms with van der Waals surface area (Å²) in [5, 5.41) is 8.02. The van der Waals surface area contributed by atoms with Crippen molar-refractivity contribution in [3.8, 4) is 0 Å². The van der Waals surface area contributed by atoms with Gasteiger partial charge in [0.25, 0.3) is 0 Å². The SMILES string of the molecule is C=CCNC(=O)NC(=O)CN1CCNC[C@H]1C. The van der Waals surface area contributed by atoms with E-state index in [9.17, 15) is 9.59 Å². The van der Waals surface area contributed by atoms with Crippen molar-refractivity contribution >= 4 is 11.9 Å².